The SMILES string of the molecule is COC(=O)c1cc(OCc2cccc(OC)c2)c2cc(OC)ccc2n1. The fraction of sp³-hybridized carbons (Fsp3) is 0.200. The summed E-state index contributed by atoms with van der Waals surface area (Å²) in [4.78, 5) is 16.2. The fourth-order valence-corrected chi connectivity index (χ4v) is 2.55. The zero-order valence-corrected chi connectivity index (χ0v) is 14.8. The topological polar surface area (TPSA) is 66.9 Å². The highest BCUT2D eigenvalue weighted by Crippen LogP contribution is 2.30. The van der Waals surface area contributed by atoms with Gasteiger partial charge in [0.05, 0.1) is 26.8 Å². The number of hydrogen-bond acceptors (Lipinski definition) is 6. The predicted molar refractivity (Wildman–Crippen MR) is 97.0 cm³/mol. The van der Waals surface area contributed by atoms with E-state index in [1.54, 1.807) is 32.4 Å². The maximum absolute atomic E-state index is 11.9. The first-order valence-corrected chi connectivity index (χ1v) is 7.97. The van der Waals surface area contributed by atoms with Crippen molar-refractivity contribution in [2.45, 2.75) is 6.61 Å². The molecule has 0 amide bonds. The van der Waals surface area contributed by atoms with Crippen LogP contribution in [0.5, 0.6) is 17.2 Å². The number of benzene rings is 2. The number of rotatable bonds is 6. The van der Waals surface area contributed by atoms with Crippen LogP contribution in [-0.2, 0) is 11.3 Å². The summed E-state index contributed by atoms with van der Waals surface area (Å²) >= 11 is 0. The van der Waals surface area contributed by atoms with Crippen molar-refractivity contribution < 1.29 is 23.7 Å². The number of methoxy groups -OCH3 is 3. The Morgan fingerprint density at radius 3 is 2.46 bits per heavy atom. The summed E-state index contributed by atoms with van der Waals surface area (Å²) in [6.07, 6.45) is 0. The average Bonchev–Trinajstić information content (AvgIpc) is 2.70. The third kappa shape index (κ3) is 3.69. The zero-order valence-electron chi connectivity index (χ0n) is 14.8. The van der Waals surface area contributed by atoms with E-state index in [0.29, 0.717) is 23.6 Å². The van der Waals surface area contributed by atoms with E-state index in [4.69, 9.17) is 18.9 Å². The number of aromatic nitrogens is 1. The van der Waals surface area contributed by atoms with Gasteiger partial charge in [-0.25, -0.2) is 9.78 Å². The third-order valence-electron chi connectivity index (χ3n) is 3.90. The minimum atomic E-state index is -0.519. The second-order valence-electron chi connectivity index (χ2n) is 5.52. The van der Waals surface area contributed by atoms with Crippen LogP contribution in [0.3, 0.4) is 0 Å². The molecule has 0 aliphatic heterocycles. The van der Waals surface area contributed by atoms with Crippen molar-refractivity contribution in [2.75, 3.05) is 21.3 Å². The molecular formula is C20H19NO5. The van der Waals surface area contributed by atoms with E-state index in [2.05, 4.69) is 4.98 Å². The Kier molecular flexibility index (Phi) is 5.22. The Balaban J connectivity index is 1.99. The molecule has 0 saturated heterocycles. The zero-order chi connectivity index (χ0) is 18.5. The molecule has 1 heterocycles. The Morgan fingerprint density at radius 2 is 1.73 bits per heavy atom. The van der Waals surface area contributed by atoms with Crippen molar-refractivity contribution in [3.8, 4) is 17.2 Å². The molecule has 0 fully saturated rings. The average molecular weight is 353 g/mol. The Labute approximate surface area is 151 Å². The number of carbonyl (C=O) groups is 1. The smallest absolute Gasteiger partial charge is 0.356 e. The predicted octanol–water partition coefficient (Wildman–Crippen LogP) is 3.62. The first kappa shape index (κ1) is 17.5. The van der Waals surface area contributed by atoms with E-state index < -0.39 is 5.97 Å². The maximum atomic E-state index is 11.9. The summed E-state index contributed by atoms with van der Waals surface area (Å²) in [6, 6.07) is 14.6. The van der Waals surface area contributed by atoms with Gasteiger partial charge < -0.3 is 18.9 Å². The summed E-state index contributed by atoms with van der Waals surface area (Å²) < 4.78 is 21.3. The first-order valence-electron chi connectivity index (χ1n) is 7.97. The number of pyridine rings is 1. The van der Waals surface area contributed by atoms with E-state index in [-0.39, 0.29) is 5.69 Å². The molecule has 6 nitrogen and oxygen atoms in total. The minimum Gasteiger partial charge on any atom is -0.497 e. The van der Waals surface area contributed by atoms with Crippen LogP contribution < -0.4 is 14.2 Å². The molecule has 6 heteroatoms. The molecule has 134 valence electrons. The van der Waals surface area contributed by atoms with Gasteiger partial charge in [-0.2, -0.15) is 0 Å². The van der Waals surface area contributed by atoms with Crippen LogP contribution in [0, 0.1) is 0 Å². The van der Waals surface area contributed by atoms with E-state index in [1.807, 2.05) is 30.3 Å². The van der Waals surface area contributed by atoms with Gasteiger partial charge >= 0.3 is 5.97 Å². The van der Waals surface area contributed by atoms with Gasteiger partial charge in [0.15, 0.2) is 5.69 Å². The minimum absolute atomic E-state index is 0.186. The highest BCUT2D eigenvalue weighted by Gasteiger charge is 2.14. The van der Waals surface area contributed by atoms with Crippen molar-refractivity contribution in [3.05, 3.63) is 59.8 Å². The van der Waals surface area contributed by atoms with Crippen LogP contribution in [0.2, 0.25) is 0 Å². The fourth-order valence-electron chi connectivity index (χ4n) is 2.55. The van der Waals surface area contributed by atoms with Crippen LogP contribution in [-0.4, -0.2) is 32.3 Å². The first-order chi connectivity index (χ1) is 12.6. The van der Waals surface area contributed by atoms with Gasteiger partial charge in [-0.3, -0.25) is 0 Å². The lowest BCUT2D eigenvalue weighted by atomic mass is 10.1. The lowest BCUT2D eigenvalue weighted by molar-refractivity contribution is 0.0594. The Morgan fingerprint density at radius 1 is 0.962 bits per heavy atom. The molecule has 3 rings (SSSR count). The molecule has 0 saturated carbocycles. The van der Waals surface area contributed by atoms with Crippen molar-refractivity contribution in [1.29, 1.82) is 0 Å². The van der Waals surface area contributed by atoms with E-state index in [1.165, 1.54) is 7.11 Å². The molecule has 0 radical (unpaired) electrons. The third-order valence-corrected chi connectivity index (χ3v) is 3.90. The molecule has 0 atom stereocenters. The van der Waals surface area contributed by atoms with Gasteiger partial charge in [0, 0.05) is 11.5 Å². The van der Waals surface area contributed by atoms with Crippen LogP contribution in [0.25, 0.3) is 10.9 Å². The largest absolute Gasteiger partial charge is 0.497 e. The summed E-state index contributed by atoms with van der Waals surface area (Å²) in [5.74, 6) is 1.44. The lowest BCUT2D eigenvalue weighted by Gasteiger charge is -2.12. The van der Waals surface area contributed by atoms with Crippen molar-refractivity contribution in [2.24, 2.45) is 0 Å². The summed E-state index contributed by atoms with van der Waals surface area (Å²) in [5, 5.41) is 0.750. The van der Waals surface area contributed by atoms with E-state index in [0.717, 1.165) is 16.7 Å². The Bertz CT molecular complexity index is 939. The van der Waals surface area contributed by atoms with Gasteiger partial charge in [-0.05, 0) is 35.9 Å². The number of carbonyl (C=O) groups excluding carboxylic acids is 1. The number of hydrogen-bond donors (Lipinski definition) is 0. The summed E-state index contributed by atoms with van der Waals surface area (Å²) in [7, 11) is 4.53. The highest BCUT2D eigenvalue weighted by atomic mass is 16.5. The molecule has 0 bridgehead atoms. The van der Waals surface area contributed by atoms with Crippen LogP contribution in [0.15, 0.2) is 48.5 Å². The van der Waals surface area contributed by atoms with Crippen LogP contribution in [0.4, 0.5) is 0 Å². The van der Waals surface area contributed by atoms with Gasteiger partial charge in [0.2, 0.25) is 0 Å². The van der Waals surface area contributed by atoms with Gasteiger partial charge in [0.25, 0.3) is 0 Å². The molecule has 1 aromatic heterocycles. The summed E-state index contributed by atoms with van der Waals surface area (Å²) in [5.41, 5.74) is 1.75. The molecule has 0 unspecified atom stereocenters. The quantitative estimate of drug-likeness (QED) is 0.631. The normalized spacial score (nSPS) is 10.4. The van der Waals surface area contributed by atoms with Crippen LogP contribution >= 0.6 is 0 Å². The van der Waals surface area contributed by atoms with E-state index >= 15 is 0 Å². The van der Waals surface area contributed by atoms with Gasteiger partial charge in [-0.15, -0.1) is 0 Å². The second kappa shape index (κ2) is 7.74. The molecule has 26 heavy (non-hydrogen) atoms. The standard InChI is InChI=1S/C20H19NO5/c1-23-14-6-4-5-13(9-14)12-26-19-11-18(20(22)25-3)21-17-8-7-15(24-2)10-16(17)19/h4-11H,12H2,1-3H3. The lowest BCUT2D eigenvalue weighted by Crippen LogP contribution is -2.06. The maximum Gasteiger partial charge on any atom is 0.356 e. The van der Waals surface area contributed by atoms with E-state index in [9.17, 15) is 4.79 Å². The monoisotopic (exact) mass is 353 g/mol. The summed E-state index contributed by atoms with van der Waals surface area (Å²) in [6.45, 7) is 0.314. The van der Waals surface area contributed by atoms with Crippen molar-refractivity contribution in [3.63, 3.8) is 0 Å². The number of nitrogens with zero attached hydrogens (tertiary/aromatic N) is 1. The molecule has 0 aliphatic rings. The number of ether oxygens (including phenoxy) is 4. The molecular weight excluding hydrogens is 334 g/mol. The van der Waals surface area contributed by atoms with Crippen molar-refractivity contribution >= 4 is 16.9 Å². The van der Waals surface area contributed by atoms with Crippen LogP contribution in [0.1, 0.15) is 16.1 Å². The number of esters is 1. The number of fused-ring (bicyclic) bond motifs is 1. The molecule has 2 aromatic carbocycles. The highest BCUT2D eigenvalue weighted by molar-refractivity contribution is 5.94. The molecule has 0 spiro atoms. The Hall–Kier alpha value is -3.28. The van der Waals surface area contributed by atoms with Crippen molar-refractivity contribution in [1.82, 2.24) is 4.98 Å². The van der Waals surface area contributed by atoms with Gasteiger partial charge in [-0.1, -0.05) is 12.1 Å². The van der Waals surface area contributed by atoms with Gasteiger partial charge in [0.1, 0.15) is 23.9 Å². The molecule has 0 aliphatic carbocycles. The second-order valence-corrected chi connectivity index (χ2v) is 5.52. The molecule has 3 aromatic rings. The molecule has 0 N–H and O–H groups in total.